The van der Waals surface area contributed by atoms with Gasteiger partial charge in [-0.3, -0.25) is 4.79 Å². The summed E-state index contributed by atoms with van der Waals surface area (Å²) in [7, 11) is 0. The normalized spacial score (nSPS) is 17.9. The zero-order valence-electron chi connectivity index (χ0n) is 18.4. The Hall–Kier alpha value is -4.13. The lowest BCUT2D eigenvalue weighted by atomic mass is 9.98. The Labute approximate surface area is 196 Å². The maximum Gasteiger partial charge on any atom is 0.407 e. The van der Waals surface area contributed by atoms with Crippen LogP contribution in [0.1, 0.15) is 33.8 Å². The first-order valence-electron chi connectivity index (χ1n) is 11.2. The second kappa shape index (κ2) is 9.02. The summed E-state index contributed by atoms with van der Waals surface area (Å²) in [6.07, 6.45) is 0.195. The largest absolute Gasteiger partial charge is 0.478 e. The molecule has 0 spiro atoms. The molecular formula is C27H24N2O5. The first kappa shape index (κ1) is 21.7. The number of rotatable bonds is 7. The molecule has 2 aliphatic carbocycles. The number of anilines is 1. The SMILES string of the molecule is O=C(NC[C@@H]1C[C@@H]1C(=O)Nc1ccc(C(=O)O)cc1)OCC1c2ccccc2-c2ccccc21. The number of benzene rings is 3. The van der Waals surface area contributed by atoms with Crippen molar-refractivity contribution in [3.63, 3.8) is 0 Å². The van der Waals surface area contributed by atoms with Crippen LogP contribution in [0, 0.1) is 11.8 Å². The highest BCUT2D eigenvalue weighted by atomic mass is 16.5. The van der Waals surface area contributed by atoms with Crippen LogP contribution in [0.25, 0.3) is 11.1 Å². The highest BCUT2D eigenvalue weighted by Crippen LogP contribution is 2.44. The quantitative estimate of drug-likeness (QED) is 0.486. The number of fused-ring (bicyclic) bond motifs is 3. The van der Waals surface area contributed by atoms with Gasteiger partial charge < -0.3 is 20.5 Å². The van der Waals surface area contributed by atoms with Crippen LogP contribution in [0.4, 0.5) is 10.5 Å². The predicted molar refractivity (Wildman–Crippen MR) is 127 cm³/mol. The van der Waals surface area contributed by atoms with Crippen molar-refractivity contribution in [1.82, 2.24) is 5.32 Å². The van der Waals surface area contributed by atoms with Gasteiger partial charge in [-0.1, -0.05) is 48.5 Å². The molecule has 7 nitrogen and oxygen atoms in total. The number of nitrogens with one attached hydrogen (secondary N) is 2. The van der Waals surface area contributed by atoms with Crippen molar-refractivity contribution in [3.05, 3.63) is 89.5 Å². The smallest absolute Gasteiger partial charge is 0.407 e. The molecule has 0 unspecified atom stereocenters. The van der Waals surface area contributed by atoms with Gasteiger partial charge in [0.2, 0.25) is 5.91 Å². The Morgan fingerprint density at radius 2 is 1.50 bits per heavy atom. The Morgan fingerprint density at radius 1 is 0.882 bits per heavy atom. The molecule has 0 aromatic heterocycles. The maximum absolute atomic E-state index is 12.4. The molecule has 1 fully saturated rings. The molecular weight excluding hydrogens is 432 g/mol. The fourth-order valence-electron chi connectivity index (χ4n) is 4.59. The van der Waals surface area contributed by atoms with Crippen molar-refractivity contribution in [1.29, 1.82) is 0 Å². The maximum atomic E-state index is 12.4. The van der Waals surface area contributed by atoms with E-state index in [9.17, 15) is 14.4 Å². The minimum atomic E-state index is -1.01. The van der Waals surface area contributed by atoms with Gasteiger partial charge >= 0.3 is 12.1 Å². The molecule has 2 aliphatic rings. The fourth-order valence-corrected chi connectivity index (χ4v) is 4.59. The zero-order chi connectivity index (χ0) is 23.7. The third kappa shape index (κ3) is 4.37. The second-order valence-corrected chi connectivity index (χ2v) is 8.68. The number of hydrogen-bond acceptors (Lipinski definition) is 4. The molecule has 1 saturated carbocycles. The van der Waals surface area contributed by atoms with Crippen molar-refractivity contribution in [3.8, 4) is 11.1 Å². The summed E-state index contributed by atoms with van der Waals surface area (Å²) in [4.78, 5) is 35.7. The van der Waals surface area contributed by atoms with E-state index in [1.807, 2.05) is 24.3 Å². The summed E-state index contributed by atoms with van der Waals surface area (Å²) < 4.78 is 5.54. The molecule has 34 heavy (non-hydrogen) atoms. The van der Waals surface area contributed by atoms with Crippen LogP contribution >= 0.6 is 0 Å². The zero-order valence-corrected chi connectivity index (χ0v) is 18.4. The topological polar surface area (TPSA) is 105 Å². The third-order valence-electron chi connectivity index (χ3n) is 6.51. The van der Waals surface area contributed by atoms with Crippen molar-refractivity contribution >= 4 is 23.7 Å². The molecule has 7 heteroatoms. The minimum Gasteiger partial charge on any atom is -0.478 e. The molecule has 0 radical (unpaired) electrons. The number of amides is 2. The van der Waals surface area contributed by atoms with Crippen LogP contribution in [-0.2, 0) is 9.53 Å². The number of hydrogen-bond donors (Lipinski definition) is 3. The summed E-state index contributed by atoms with van der Waals surface area (Å²) in [5.41, 5.74) is 5.38. The lowest BCUT2D eigenvalue weighted by molar-refractivity contribution is -0.117. The van der Waals surface area contributed by atoms with Gasteiger partial charge in [0.15, 0.2) is 0 Å². The Morgan fingerprint density at radius 3 is 2.12 bits per heavy atom. The molecule has 2 amide bonds. The van der Waals surface area contributed by atoms with Crippen LogP contribution in [0.5, 0.6) is 0 Å². The first-order chi connectivity index (χ1) is 16.5. The van der Waals surface area contributed by atoms with Gasteiger partial charge in [0.1, 0.15) is 6.61 Å². The first-order valence-corrected chi connectivity index (χ1v) is 11.2. The van der Waals surface area contributed by atoms with Crippen LogP contribution in [-0.4, -0.2) is 36.2 Å². The van der Waals surface area contributed by atoms with E-state index >= 15 is 0 Å². The number of alkyl carbamates (subject to hydrolysis) is 1. The fraction of sp³-hybridized carbons (Fsp3) is 0.222. The Balaban J connectivity index is 1.09. The van der Waals surface area contributed by atoms with Gasteiger partial charge in [0.05, 0.1) is 5.56 Å². The lowest BCUT2D eigenvalue weighted by Gasteiger charge is -2.14. The molecule has 172 valence electrons. The van der Waals surface area contributed by atoms with E-state index in [2.05, 4.69) is 34.9 Å². The summed E-state index contributed by atoms with van der Waals surface area (Å²) >= 11 is 0. The molecule has 0 heterocycles. The number of aromatic carboxylic acids is 1. The van der Waals surface area contributed by atoms with Gasteiger partial charge in [-0.25, -0.2) is 9.59 Å². The molecule has 0 aliphatic heterocycles. The average Bonchev–Trinajstić information content (AvgIpc) is 3.57. The van der Waals surface area contributed by atoms with E-state index in [-0.39, 0.29) is 35.8 Å². The van der Waals surface area contributed by atoms with Gasteiger partial charge in [-0.2, -0.15) is 0 Å². The van der Waals surface area contributed by atoms with E-state index in [0.717, 1.165) is 11.1 Å². The summed E-state index contributed by atoms with van der Waals surface area (Å²) in [5.74, 6) is -1.28. The van der Waals surface area contributed by atoms with Gasteiger partial charge in [-0.15, -0.1) is 0 Å². The summed E-state index contributed by atoms with van der Waals surface area (Å²) in [5, 5.41) is 14.5. The van der Waals surface area contributed by atoms with Crippen LogP contribution < -0.4 is 10.6 Å². The molecule has 3 aromatic rings. The molecule has 0 saturated heterocycles. The van der Waals surface area contributed by atoms with Crippen molar-refractivity contribution in [2.45, 2.75) is 12.3 Å². The van der Waals surface area contributed by atoms with E-state index in [0.29, 0.717) is 18.7 Å². The van der Waals surface area contributed by atoms with Crippen molar-refractivity contribution in [2.24, 2.45) is 11.8 Å². The van der Waals surface area contributed by atoms with Crippen LogP contribution in [0.2, 0.25) is 0 Å². The average molecular weight is 456 g/mol. The van der Waals surface area contributed by atoms with Crippen molar-refractivity contribution < 1.29 is 24.2 Å². The Kier molecular flexibility index (Phi) is 5.76. The van der Waals surface area contributed by atoms with E-state index in [4.69, 9.17) is 9.84 Å². The van der Waals surface area contributed by atoms with Crippen molar-refractivity contribution in [2.75, 3.05) is 18.5 Å². The second-order valence-electron chi connectivity index (χ2n) is 8.68. The molecule has 3 aromatic carbocycles. The summed E-state index contributed by atoms with van der Waals surface area (Å²) in [6, 6.07) is 22.4. The number of ether oxygens (including phenoxy) is 1. The van der Waals surface area contributed by atoms with E-state index in [1.165, 1.54) is 23.3 Å². The van der Waals surface area contributed by atoms with E-state index < -0.39 is 12.1 Å². The monoisotopic (exact) mass is 456 g/mol. The number of carbonyl (C=O) groups excluding carboxylic acids is 2. The van der Waals surface area contributed by atoms with Gasteiger partial charge in [0.25, 0.3) is 0 Å². The number of carboxylic acids is 1. The molecule has 3 N–H and O–H groups in total. The standard InChI is InChI=1S/C27H24N2O5/c30-25(29-18-11-9-16(10-12-18)26(31)32)23-13-17(23)14-28-27(33)34-15-24-21-7-3-1-5-19(21)20-6-2-4-8-22(20)24/h1-12,17,23-24H,13-15H2,(H,28,33)(H,29,30)(H,31,32)/t17-,23-/m0/s1. The third-order valence-corrected chi connectivity index (χ3v) is 6.51. The lowest BCUT2D eigenvalue weighted by Crippen LogP contribution is -2.29. The highest BCUT2D eigenvalue weighted by molar-refractivity contribution is 5.95. The van der Waals surface area contributed by atoms with E-state index in [1.54, 1.807) is 12.1 Å². The summed E-state index contributed by atoms with van der Waals surface area (Å²) in [6.45, 7) is 0.619. The highest BCUT2D eigenvalue weighted by Gasteiger charge is 2.43. The number of carbonyl (C=O) groups is 3. The van der Waals surface area contributed by atoms with Crippen LogP contribution in [0.3, 0.4) is 0 Å². The van der Waals surface area contributed by atoms with Crippen LogP contribution in [0.15, 0.2) is 72.8 Å². The molecule has 2 atom stereocenters. The predicted octanol–water partition coefficient (Wildman–Crippen LogP) is 4.50. The molecule has 0 bridgehead atoms. The Bertz CT molecular complexity index is 1210. The van der Waals surface area contributed by atoms with Gasteiger partial charge in [0, 0.05) is 24.1 Å². The van der Waals surface area contributed by atoms with Gasteiger partial charge in [-0.05, 0) is 58.9 Å². The minimum absolute atomic E-state index is 0.00474. The molecule has 5 rings (SSSR count). The number of carboxylic acid groups (broad SMARTS) is 1.